The molecule has 0 aromatic carbocycles. The van der Waals surface area contributed by atoms with Crippen molar-refractivity contribution in [2.75, 3.05) is 31.1 Å². The number of pyridine rings is 2. The SMILES string of the molecule is O=C(NC1CC1)c1cc(C(=O)N2CCN(c3ccccn3)CC2)ccn1. The summed E-state index contributed by atoms with van der Waals surface area (Å²) in [7, 11) is 0. The molecule has 2 aromatic rings. The Morgan fingerprint density at radius 3 is 2.50 bits per heavy atom. The van der Waals surface area contributed by atoms with Crippen molar-refractivity contribution < 1.29 is 9.59 Å². The van der Waals surface area contributed by atoms with Crippen molar-refractivity contribution in [1.29, 1.82) is 0 Å². The second-order valence-corrected chi connectivity index (χ2v) is 6.64. The van der Waals surface area contributed by atoms with Gasteiger partial charge >= 0.3 is 0 Å². The van der Waals surface area contributed by atoms with Crippen LogP contribution >= 0.6 is 0 Å². The maximum atomic E-state index is 12.8. The zero-order chi connectivity index (χ0) is 17.9. The molecule has 0 atom stereocenters. The van der Waals surface area contributed by atoms with Crippen LogP contribution in [0.3, 0.4) is 0 Å². The van der Waals surface area contributed by atoms with E-state index >= 15 is 0 Å². The third kappa shape index (κ3) is 3.66. The average Bonchev–Trinajstić information content (AvgIpc) is 3.52. The molecule has 1 N–H and O–H groups in total. The maximum absolute atomic E-state index is 12.8. The number of carbonyl (C=O) groups excluding carboxylic acids is 2. The van der Waals surface area contributed by atoms with E-state index in [0.717, 1.165) is 31.7 Å². The topological polar surface area (TPSA) is 78.4 Å². The van der Waals surface area contributed by atoms with E-state index in [1.54, 1.807) is 18.3 Å². The number of aromatic nitrogens is 2. The smallest absolute Gasteiger partial charge is 0.270 e. The summed E-state index contributed by atoms with van der Waals surface area (Å²) in [6, 6.07) is 9.36. The first-order valence-corrected chi connectivity index (χ1v) is 8.93. The van der Waals surface area contributed by atoms with Gasteiger partial charge in [-0.1, -0.05) is 6.07 Å². The van der Waals surface area contributed by atoms with Gasteiger partial charge in [0.1, 0.15) is 11.5 Å². The Balaban J connectivity index is 1.39. The van der Waals surface area contributed by atoms with E-state index in [1.807, 2.05) is 23.1 Å². The number of anilines is 1. The molecule has 0 radical (unpaired) electrons. The third-order valence-electron chi connectivity index (χ3n) is 4.69. The van der Waals surface area contributed by atoms with Crippen LogP contribution in [0.1, 0.15) is 33.7 Å². The fourth-order valence-corrected chi connectivity index (χ4v) is 3.04. The molecule has 2 amide bonds. The van der Waals surface area contributed by atoms with Crippen LogP contribution in [0.15, 0.2) is 42.7 Å². The summed E-state index contributed by atoms with van der Waals surface area (Å²) in [5.74, 6) is 0.665. The molecule has 7 heteroatoms. The first-order chi connectivity index (χ1) is 12.7. The Kier molecular flexibility index (Phi) is 4.51. The Morgan fingerprint density at radius 2 is 1.81 bits per heavy atom. The number of nitrogens with zero attached hydrogens (tertiary/aromatic N) is 4. The largest absolute Gasteiger partial charge is 0.353 e. The Morgan fingerprint density at radius 1 is 1.00 bits per heavy atom. The molecule has 0 bridgehead atoms. The minimum atomic E-state index is -0.206. The quantitative estimate of drug-likeness (QED) is 0.899. The molecule has 3 heterocycles. The summed E-state index contributed by atoms with van der Waals surface area (Å²) in [4.78, 5) is 37.4. The molecule has 7 nitrogen and oxygen atoms in total. The van der Waals surface area contributed by atoms with Gasteiger partial charge in [-0.3, -0.25) is 14.6 Å². The van der Waals surface area contributed by atoms with Crippen LogP contribution in [-0.4, -0.2) is 58.9 Å². The monoisotopic (exact) mass is 351 g/mol. The summed E-state index contributed by atoms with van der Waals surface area (Å²) in [6.07, 6.45) is 5.34. The molecule has 2 aromatic heterocycles. The van der Waals surface area contributed by atoms with Crippen molar-refractivity contribution in [2.45, 2.75) is 18.9 Å². The highest BCUT2D eigenvalue weighted by Gasteiger charge is 2.26. The summed E-state index contributed by atoms with van der Waals surface area (Å²) < 4.78 is 0. The predicted molar refractivity (Wildman–Crippen MR) is 97.1 cm³/mol. The lowest BCUT2D eigenvalue weighted by Gasteiger charge is -2.35. The summed E-state index contributed by atoms with van der Waals surface area (Å²) in [5.41, 5.74) is 0.808. The lowest BCUT2D eigenvalue weighted by atomic mass is 10.1. The van der Waals surface area contributed by atoms with Crippen molar-refractivity contribution in [2.24, 2.45) is 0 Å². The first-order valence-electron chi connectivity index (χ1n) is 8.93. The zero-order valence-corrected chi connectivity index (χ0v) is 14.5. The number of amides is 2. The van der Waals surface area contributed by atoms with Crippen LogP contribution in [0.4, 0.5) is 5.82 Å². The van der Waals surface area contributed by atoms with Crippen LogP contribution in [0.5, 0.6) is 0 Å². The van der Waals surface area contributed by atoms with Gasteiger partial charge in [0, 0.05) is 50.2 Å². The third-order valence-corrected chi connectivity index (χ3v) is 4.69. The molecule has 1 aliphatic carbocycles. The molecule has 2 aliphatic rings. The minimum absolute atomic E-state index is 0.0615. The number of nitrogens with one attached hydrogen (secondary N) is 1. The number of hydrogen-bond donors (Lipinski definition) is 1. The van der Waals surface area contributed by atoms with Crippen LogP contribution in [0.2, 0.25) is 0 Å². The van der Waals surface area contributed by atoms with Gasteiger partial charge in [0.25, 0.3) is 11.8 Å². The maximum Gasteiger partial charge on any atom is 0.270 e. The fourth-order valence-electron chi connectivity index (χ4n) is 3.04. The Bertz CT molecular complexity index is 799. The van der Waals surface area contributed by atoms with E-state index in [2.05, 4.69) is 20.2 Å². The zero-order valence-electron chi connectivity index (χ0n) is 14.5. The molecule has 2 fully saturated rings. The number of carbonyl (C=O) groups is 2. The van der Waals surface area contributed by atoms with Gasteiger partial charge in [0.05, 0.1) is 0 Å². The molecule has 4 rings (SSSR count). The molecule has 0 unspecified atom stereocenters. The highest BCUT2D eigenvalue weighted by molar-refractivity contribution is 5.98. The van der Waals surface area contributed by atoms with E-state index in [-0.39, 0.29) is 17.9 Å². The lowest BCUT2D eigenvalue weighted by Crippen LogP contribution is -2.49. The summed E-state index contributed by atoms with van der Waals surface area (Å²) >= 11 is 0. The van der Waals surface area contributed by atoms with Gasteiger partial charge < -0.3 is 15.1 Å². The molecule has 134 valence electrons. The minimum Gasteiger partial charge on any atom is -0.353 e. The van der Waals surface area contributed by atoms with Crippen LogP contribution in [-0.2, 0) is 0 Å². The standard InChI is InChI=1S/C19H21N5O2/c25-18(22-15-4-5-15)16-13-14(6-8-20-16)19(26)24-11-9-23(10-12-24)17-3-1-2-7-21-17/h1-3,6-8,13,15H,4-5,9-12H2,(H,22,25). The summed E-state index contributed by atoms with van der Waals surface area (Å²) in [6.45, 7) is 2.73. The van der Waals surface area contributed by atoms with Crippen molar-refractivity contribution in [1.82, 2.24) is 20.2 Å². The van der Waals surface area contributed by atoms with Gasteiger partial charge in [0.2, 0.25) is 0 Å². The number of piperazine rings is 1. The van der Waals surface area contributed by atoms with E-state index in [1.165, 1.54) is 6.20 Å². The van der Waals surface area contributed by atoms with Crippen molar-refractivity contribution >= 4 is 17.6 Å². The second kappa shape index (κ2) is 7.11. The molecular weight excluding hydrogens is 330 g/mol. The fraction of sp³-hybridized carbons (Fsp3) is 0.368. The predicted octanol–water partition coefficient (Wildman–Crippen LogP) is 1.33. The molecule has 0 spiro atoms. The Hall–Kier alpha value is -2.96. The van der Waals surface area contributed by atoms with Gasteiger partial charge in [-0.25, -0.2) is 4.98 Å². The first kappa shape index (κ1) is 16.5. The highest BCUT2D eigenvalue weighted by Crippen LogP contribution is 2.19. The Labute approximate surface area is 152 Å². The molecule has 1 saturated carbocycles. The molecular formula is C19H21N5O2. The van der Waals surface area contributed by atoms with Crippen molar-refractivity contribution in [3.63, 3.8) is 0 Å². The number of rotatable bonds is 4. The van der Waals surface area contributed by atoms with Gasteiger partial charge in [-0.15, -0.1) is 0 Å². The second-order valence-electron chi connectivity index (χ2n) is 6.64. The van der Waals surface area contributed by atoms with E-state index in [9.17, 15) is 9.59 Å². The normalized spacial score (nSPS) is 17.1. The van der Waals surface area contributed by atoms with Crippen LogP contribution in [0.25, 0.3) is 0 Å². The van der Waals surface area contributed by atoms with Crippen molar-refractivity contribution in [3.8, 4) is 0 Å². The van der Waals surface area contributed by atoms with Crippen LogP contribution in [0, 0.1) is 0 Å². The summed E-state index contributed by atoms with van der Waals surface area (Å²) in [5, 5.41) is 2.90. The number of hydrogen-bond acceptors (Lipinski definition) is 5. The highest BCUT2D eigenvalue weighted by atomic mass is 16.2. The van der Waals surface area contributed by atoms with Crippen molar-refractivity contribution in [3.05, 3.63) is 54.0 Å². The van der Waals surface area contributed by atoms with Gasteiger partial charge in [-0.05, 0) is 37.1 Å². The van der Waals surface area contributed by atoms with Gasteiger partial charge in [0.15, 0.2) is 0 Å². The average molecular weight is 351 g/mol. The van der Waals surface area contributed by atoms with Crippen LogP contribution < -0.4 is 10.2 Å². The van der Waals surface area contributed by atoms with E-state index in [4.69, 9.17) is 0 Å². The lowest BCUT2D eigenvalue weighted by molar-refractivity contribution is 0.0746. The van der Waals surface area contributed by atoms with E-state index < -0.39 is 0 Å². The molecule has 1 saturated heterocycles. The molecule has 1 aliphatic heterocycles. The van der Waals surface area contributed by atoms with Gasteiger partial charge in [-0.2, -0.15) is 0 Å². The molecule has 26 heavy (non-hydrogen) atoms. The van der Waals surface area contributed by atoms with E-state index in [0.29, 0.717) is 24.3 Å².